The van der Waals surface area contributed by atoms with Crippen LogP contribution in [0.15, 0.2) is 0 Å². The predicted octanol–water partition coefficient (Wildman–Crippen LogP) is 0.496. The van der Waals surface area contributed by atoms with Crippen LogP contribution >= 0.6 is 0 Å². The molecule has 1 aliphatic rings. The van der Waals surface area contributed by atoms with Crippen molar-refractivity contribution in [1.82, 2.24) is 0 Å². The molecule has 1 fully saturated rings. The first-order valence-electron chi connectivity index (χ1n) is 3.63. The van der Waals surface area contributed by atoms with Gasteiger partial charge in [-0.05, 0) is 19.3 Å². The minimum atomic E-state index is -0.150. The average Bonchev–Trinajstić information content (AvgIpc) is 2.66. The van der Waals surface area contributed by atoms with Gasteiger partial charge in [0.25, 0.3) is 0 Å². The number of rotatable bonds is 3. The second kappa shape index (κ2) is 2.27. The summed E-state index contributed by atoms with van der Waals surface area (Å²) >= 11 is 0. The molecule has 9 heavy (non-hydrogen) atoms. The molecule has 0 amide bonds. The highest BCUT2D eigenvalue weighted by molar-refractivity contribution is 4.98. The maximum absolute atomic E-state index is 9.37. The highest BCUT2D eigenvalue weighted by atomic mass is 16.3. The molecule has 54 valence electrons. The van der Waals surface area contributed by atoms with Crippen LogP contribution in [0.4, 0.5) is 0 Å². The molecule has 0 aromatic heterocycles. The Morgan fingerprint density at radius 3 is 2.33 bits per heavy atom. The van der Waals surface area contributed by atoms with E-state index < -0.39 is 0 Å². The Kier molecular flexibility index (Phi) is 1.78. The van der Waals surface area contributed by atoms with Crippen molar-refractivity contribution in [2.24, 2.45) is 11.1 Å². The number of hydrogen-bond acceptors (Lipinski definition) is 2. The molecule has 1 aliphatic carbocycles. The van der Waals surface area contributed by atoms with E-state index in [0.717, 1.165) is 19.3 Å². The smallest absolute Gasteiger partial charge is 0.0605 e. The number of nitrogens with two attached hydrogens (primary N) is 1. The topological polar surface area (TPSA) is 46.2 Å². The van der Waals surface area contributed by atoms with Crippen LogP contribution in [0.25, 0.3) is 0 Å². The SMILES string of the molecule is CC[C@@H](O)C1(CN)CC1. The van der Waals surface area contributed by atoms with Crippen LogP contribution in [0.5, 0.6) is 0 Å². The van der Waals surface area contributed by atoms with Gasteiger partial charge in [-0.1, -0.05) is 6.92 Å². The monoisotopic (exact) mass is 129 g/mol. The van der Waals surface area contributed by atoms with Crippen LogP contribution in [-0.4, -0.2) is 17.8 Å². The zero-order valence-electron chi connectivity index (χ0n) is 5.93. The summed E-state index contributed by atoms with van der Waals surface area (Å²) in [7, 11) is 0. The predicted molar refractivity (Wildman–Crippen MR) is 37.0 cm³/mol. The molecule has 0 aliphatic heterocycles. The largest absolute Gasteiger partial charge is 0.393 e. The van der Waals surface area contributed by atoms with Crippen molar-refractivity contribution in [3.8, 4) is 0 Å². The Bertz CT molecular complexity index is 99.1. The molecule has 0 bridgehead atoms. The van der Waals surface area contributed by atoms with E-state index >= 15 is 0 Å². The van der Waals surface area contributed by atoms with Crippen LogP contribution in [0.2, 0.25) is 0 Å². The van der Waals surface area contributed by atoms with E-state index in [2.05, 4.69) is 0 Å². The molecular weight excluding hydrogens is 114 g/mol. The second-order valence-electron chi connectivity index (χ2n) is 2.99. The molecule has 0 unspecified atom stereocenters. The molecule has 3 N–H and O–H groups in total. The van der Waals surface area contributed by atoms with Crippen LogP contribution in [-0.2, 0) is 0 Å². The zero-order valence-corrected chi connectivity index (χ0v) is 5.93. The van der Waals surface area contributed by atoms with Gasteiger partial charge < -0.3 is 10.8 Å². The normalized spacial score (nSPS) is 25.7. The van der Waals surface area contributed by atoms with Gasteiger partial charge in [0.15, 0.2) is 0 Å². The van der Waals surface area contributed by atoms with Crippen molar-refractivity contribution >= 4 is 0 Å². The first kappa shape index (κ1) is 7.03. The van der Waals surface area contributed by atoms with E-state index in [0.29, 0.717) is 6.54 Å². The van der Waals surface area contributed by atoms with Gasteiger partial charge in [-0.3, -0.25) is 0 Å². The van der Waals surface area contributed by atoms with E-state index in [4.69, 9.17) is 5.73 Å². The molecule has 2 nitrogen and oxygen atoms in total. The fraction of sp³-hybridized carbons (Fsp3) is 1.00. The fourth-order valence-corrected chi connectivity index (χ4v) is 1.27. The minimum absolute atomic E-state index is 0.134. The summed E-state index contributed by atoms with van der Waals surface area (Å²) in [6.45, 7) is 2.66. The van der Waals surface area contributed by atoms with Gasteiger partial charge in [0.1, 0.15) is 0 Å². The zero-order chi connectivity index (χ0) is 6.91. The Balaban J connectivity index is 2.39. The van der Waals surface area contributed by atoms with Crippen LogP contribution in [0.1, 0.15) is 26.2 Å². The summed E-state index contributed by atoms with van der Waals surface area (Å²) in [6, 6.07) is 0. The highest BCUT2D eigenvalue weighted by Gasteiger charge is 2.46. The summed E-state index contributed by atoms with van der Waals surface area (Å²) in [6.07, 6.45) is 2.94. The molecule has 1 atom stereocenters. The average molecular weight is 129 g/mol. The van der Waals surface area contributed by atoms with E-state index in [1.54, 1.807) is 0 Å². The molecule has 0 aromatic carbocycles. The standard InChI is InChI=1S/C7H15NO/c1-2-6(9)7(5-8)3-4-7/h6,9H,2-5,8H2,1H3/t6-/m1/s1. The molecule has 0 radical (unpaired) electrons. The summed E-state index contributed by atoms with van der Waals surface area (Å²) in [4.78, 5) is 0. The molecular formula is C7H15NO. The summed E-state index contributed by atoms with van der Waals surface area (Å²) < 4.78 is 0. The van der Waals surface area contributed by atoms with E-state index in [1.165, 1.54) is 0 Å². The molecule has 0 saturated heterocycles. The van der Waals surface area contributed by atoms with Gasteiger partial charge >= 0.3 is 0 Å². The van der Waals surface area contributed by atoms with Gasteiger partial charge in [0.05, 0.1) is 6.10 Å². The Morgan fingerprint density at radius 1 is 1.67 bits per heavy atom. The quantitative estimate of drug-likeness (QED) is 0.582. The molecule has 1 saturated carbocycles. The molecule has 2 heteroatoms. The van der Waals surface area contributed by atoms with Gasteiger partial charge in [-0.25, -0.2) is 0 Å². The number of aliphatic hydroxyl groups is 1. The Hall–Kier alpha value is -0.0800. The van der Waals surface area contributed by atoms with E-state index in [-0.39, 0.29) is 11.5 Å². The lowest BCUT2D eigenvalue weighted by molar-refractivity contribution is 0.0934. The van der Waals surface area contributed by atoms with Crippen molar-refractivity contribution in [2.75, 3.05) is 6.54 Å². The van der Waals surface area contributed by atoms with Crippen molar-refractivity contribution in [3.63, 3.8) is 0 Å². The van der Waals surface area contributed by atoms with Crippen molar-refractivity contribution in [3.05, 3.63) is 0 Å². The highest BCUT2D eigenvalue weighted by Crippen LogP contribution is 2.48. The first-order chi connectivity index (χ1) is 4.25. The number of hydrogen-bond donors (Lipinski definition) is 2. The lowest BCUT2D eigenvalue weighted by Crippen LogP contribution is -2.28. The first-order valence-corrected chi connectivity index (χ1v) is 3.63. The summed E-state index contributed by atoms with van der Waals surface area (Å²) in [5.41, 5.74) is 5.62. The Morgan fingerprint density at radius 2 is 2.22 bits per heavy atom. The third-order valence-electron chi connectivity index (χ3n) is 2.39. The fourth-order valence-electron chi connectivity index (χ4n) is 1.27. The van der Waals surface area contributed by atoms with Crippen molar-refractivity contribution < 1.29 is 5.11 Å². The van der Waals surface area contributed by atoms with Crippen LogP contribution < -0.4 is 5.73 Å². The third-order valence-corrected chi connectivity index (χ3v) is 2.39. The van der Waals surface area contributed by atoms with Crippen LogP contribution in [0.3, 0.4) is 0 Å². The maximum atomic E-state index is 9.37. The van der Waals surface area contributed by atoms with Gasteiger partial charge in [0.2, 0.25) is 0 Å². The van der Waals surface area contributed by atoms with Crippen molar-refractivity contribution in [2.45, 2.75) is 32.3 Å². The minimum Gasteiger partial charge on any atom is -0.393 e. The van der Waals surface area contributed by atoms with Crippen molar-refractivity contribution in [1.29, 1.82) is 0 Å². The lowest BCUT2D eigenvalue weighted by Gasteiger charge is -2.17. The summed E-state index contributed by atoms with van der Waals surface area (Å²) in [5, 5.41) is 9.37. The van der Waals surface area contributed by atoms with Crippen LogP contribution in [0, 0.1) is 5.41 Å². The Labute approximate surface area is 56.1 Å². The van der Waals surface area contributed by atoms with Gasteiger partial charge in [-0.15, -0.1) is 0 Å². The van der Waals surface area contributed by atoms with E-state index in [9.17, 15) is 5.11 Å². The van der Waals surface area contributed by atoms with Gasteiger partial charge in [-0.2, -0.15) is 0 Å². The van der Waals surface area contributed by atoms with Gasteiger partial charge in [0, 0.05) is 12.0 Å². The van der Waals surface area contributed by atoms with E-state index in [1.807, 2.05) is 6.92 Å². The second-order valence-corrected chi connectivity index (χ2v) is 2.99. The maximum Gasteiger partial charge on any atom is 0.0605 e. The summed E-state index contributed by atoms with van der Waals surface area (Å²) in [5.74, 6) is 0. The molecule has 1 rings (SSSR count). The third kappa shape index (κ3) is 1.10. The molecule has 0 heterocycles. The molecule has 0 spiro atoms. The number of aliphatic hydroxyl groups excluding tert-OH is 1. The lowest BCUT2D eigenvalue weighted by atomic mass is 9.98. The molecule has 0 aromatic rings.